The molecule has 0 radical (unpaired) electrons. The van der Waals surface area contributed by atoms with Crippen LogP contribution in [0.2, 0.25) is 0 Å². The minimum atomic E-state index is -0.830. The molecule has 5 rings (SSSR count). The summed E-state index contributed by atoms with van der Waals surface area (Å²) in [5, 5.41) is 0. The molecule has 0 bridgehead atoms. The van der Waals surface area contributed by atoms with Crippen LogP contribution in [-0.2, 0) is 4.79 Å². The summed E-state index contributed by atoms with van der Waals surface area (Å²) in [5.74, 6) is 5.78. The topological polar surface area (TPSA) is 17.1 Å². The number of alkyl halides is 2. The standard InChI is InChI=1S/C34H56Cl2O/c1-3-5-6-7-8-26-11-15-28(16-12-26)30-19-23-33(24-20-30)31(37)32(34(33,35)36)21-17-29(18-22-32)27-13-9-25(4-2)10-14-27/h25-30H,3-24H2,1-2H3/t25?,26?,27?,28?,29?,30-,32-,33+. The van der Waals surface area contributed by atoms with Crippen molar-refractivity contribution in [2.24, 2.45) is 46.3 Å². The van der Waals surface area contributed by atoms with Gasteiger partial charge < -0.3 is 0 Å². The second-order valence-electron chi connectivity index (χ2n) is 14.6. The van der Waals surface area contributed by atoms with Crippen molar-refractivity contribution in [3.8, 4) is 0 Å². The van der Waals surface area contributed by atoms with Crippen LogP contribution in [0.5, 0.6) is 0 Å². The second kappa shape index (κ2) is 12.0. The Morgan fingerprint density at radius 3 is 1.43 bits per heavy atom. The van der Waals surface area contributed by atoms with Crippen LogP contribution in [0.15, 0.2) is 0 Å². The fourth-order valence-corrected chi connectivity index (χ4v) is 11.4. The first-order chi connectivity index (χ1) is 17.9. The molecule has 0 heterocycles. The van der Waals surface area contributed by atoms with E-state index in [1.54, 1.807) is 0 Å². The largest absolute Gasteiger partial charge is 0.298 e. The average Bonchev–Trinajstić information content (AvgIpc) is 2.95. The van der Waals surface area contributed by atoms with E-state index >= 15 is 0 Å². The number of carbonyl (C=O) groups excluding carboxylic acids is 1. The van der Waals surface area contributed by atoms with Gasteiger partial charge in [-0.15, -0.1) is 0 Å². The maximum absolute atomic E-state index is 14.0. The summed E-state index contributed by atoms with van der Waals surface area (Å²) < 4.78 is -0.830. The highest BCUT2D eigenvalue weighted by Crippen LogP contribution is 2.75. The van der Waals surface area contributed by atoms with Crippen molar-refractivity contribution in [1.29, 1.82) is 0 Å². The van der Waals surface area contributed by atoms with Gasteiger partial charge in [-0.25, -0.2) is 0 Å². The van der Waals surface area contributed by atoms with Crippen LogP contribution in [0, 0.1) is 46.3 Å². The van der Waals surface area contributed by atoms with Crippen LogP contribution >= 0.6 is 23.2 Å². The van der Waals surface area contributed by atoms with E-state index in [9.17, 15) is 4.79 Å². The molecular formula is C34H56Cl2O. The van der Waals surface area contributed by atoms with Crippen molar-refractivity contribution in [3.05, 3.63) is 0 Å². The van der Waals surface area contributed by atoms with E-state index in [4.69, 9.17) is 23.2 Å². The van der Waals surface area contributed by atoms with Crippen molar-refractivity contribution in [1.82, 2.24) is 0 Å². The molecule has 2 spiro atoms. The van der Waals surface area contributed by atoms with Crippen molar-refractivity contribution in [2.75, 3.05) is 0 Å². The average molecular weight is 552 g/mol. The summed E-state index contributed by atoms with van der Waals surface area (Å²) in [4.78, 5) is 14.0. The van der Waals surface area contributed by atoms with Crippen molar-refractivity contribution in [2.45, 2.75) is 159 Å². The Kier molecular flexibility index (Phi) is 9.33. The van der Waals surface area contributed by atoms with E-state index in [1.807, 2.05) is 0 Å². The molecule has 212 valence electrons. The van der Waals surface area contributed by atoms with Gasteiger partial charge in [0.05, 0.1) is 10.8 Å². The summed E-state index contributed by atoms with van der Waals surface area (Å²) in [6, 6.07) is 0. The molecule has 0 unspecified atom stereocenters. The fourth-order valence-electron chi connectivity index (χ4n) is 10.3. The van der Waals surface area contributed by atoms with Crippen molar-refractivity contribution < 1.29 is 4.79 Å². The van der Waals surface area contributed by atoms with E-state index in [0.717, 1.165) is 61.2 Å². The number of rotatable bonds is 8. The monoisotopic (exact) mass is 550 g/mol. The van der Waals surface area contributed by atoms with E-state index in [1.165, 1.54) is 116 Å². The molecule has 3 heteroatoms. The molecule has 1 nitrogen and oxygen atoms in total. The third-order valence-corrected chi connectivity index (χ3v) is 14.4. The number of carbonyl (C=O) groups is 1. The van der Waals surface area contributed by atoms with Crippen molar-refractivity contribution in [3.63, 3.8) is 0 Å². The highest BCUT2D eigenvalue weighted by Gasteiger charge is 2.79. The van der Waals surface area contributed by atoms with E-state index < -0.39 is 15.2 Å². The predicted molar refractivity (Wildman–Crippen MR) is 158 cm³/mol. The predicted octanol–water partition coefficient (Wildman–Crippen LogP) is 11.1. The lowest BCUT2D eigenvalue weighted by molar-refractivity contribution is -0.173. The normalized spacial score (nSPS) is 44.2. The molecule has 0 saturated heterocycles. The lowest BCUT2D eigenvalue weighted by Gasteiger charge is -2.67. The van der Waals surface area contributed by atoms with Gasteiger partial charge in [0.2, 0.25) is 0 Å². The van der Waals surface area contributed by atoms with Crippen LogP contribution in [0.3, 0.4) is 0 Å². The Bertz CT molecular complexity index is 742. The fraction of sp³-hybridized carbons (Fsp3) is 0.971. The molecule has 5 aliphatic rings. The number of halogens is 2. The first kappa shape index (κ1) is 28.8. The molecule has 0 aliphatic heterocycles. The lowest BCUT2D eigenvalue weighted by Crippen LogP contribution is -2.74. The number of ketones is 1. The van der Waals surface area contributed by atoms with E-state index in [2.05, 4.69) is 13.8 Å². The molecule has 0 N–H and O–H groups in total. The summed E-state index contributed by atoms with van der Waals surface area (Å²) >= 11 is 14.6. The minimum Gasteiger partial charge on any atom is -0.298 e. The Balaban J connectivity index is 1.09. The quantitative estimate of drug-likeness (QED) is 0.217. The lowest BCUT2D eigenvalue weighted by atomic mass is 9.41. The van der Waals surface area contributed by atoms with Crippen LogP contribution in [0.25, 0.3) is 0 Å². The minimum absolute atomic E-state index is 0.435. The van der Waals surface area contributed by atoms with Gasteiger partial charge in [-0.05, 0) is 113 Å². The smallest absolute Gasteiger partial charge is 0.151 e. The zero-order chi connectivity index (χ0) is 26.1. The molecule has 0 aromatic rings. The van der Waals surface area contributed by atoms with Crippen LogP contribution in [-0.4, -0.2) is 10.1 Å². The SMILES string of the molecule is CCCCCCC1CCC([C@H]2CC[C@@]3(CC2)C(=O)[C@]2(CCC(C4CCC(CC)CC4)CC2)C3(Cl)Cl)CC1. The maximum Gasteiger partial charge on any atom is 0.151 e. The molecule has 5 fully saturated rings. The Labute approximate surface area is 239 Å². The van der Waals surface area contributed by atoms with Gasteiger partial charge in [-0.1, -0.05) is 101 Å². The highest BCUT2D eigenvalue weighted by molar-refractivity contribution is 6.55. The molecule has 5 aliphatic carbocycles. The van der Waals surface area contributed by atoms with Gasteiger partial charge in [-0.3, -0.25) is 4.79 Å². The number of hydrogen-bond donors (Lipinski definition) is 0. The van der Waals surface area contributed by atoms with Gasteiger partial charge >= 0.3 is 0 Å². The molecule has 0 atom stereocenters. The van der Waals surface area contributed by atoms with Crippen LogP contribution in [0.4, 0.5) is 0 Å². The summed E-state index contributed by atoms with van der Waals surface area (Å²) in [6.07, 6.45) is 28.3. The van der Waals surface area contributed by atoms with Gasteiger partial charge in [0.15, 0.2) is 5.78 Å². The molecule has 0 aromatic carbocycles. The number of unbranched alkanes of at least 4 members (excludes halogenated alkanes) is 3. The molecule has 0 amide bonds. The maximum atomic E-state index is 14.0. The van der Waals surface area contributed by atoms with Crippen molar-refractivity contribution >= 4 is 29.0 Å². The van der Waals surface area contributed by atoms with Gasteiger partial charge in [0.1, 0.15) is 4.33 Å². The third-order valence-electron chi connectivity index (χ3n) is 13.0. The summed E-state index contributed by atoms with van der Waals surface area (Å²) in [6.45, 7) is 4.65. The first-order valence-electron chi connectivity index (χ1n) is 16.8. The van der Waals surface area contributed by atoms with E-state index in [-0.39, 0.29) is 0 Å². The zero-order valence-electron chi connectivity index (χ0n) is 24.2. The second-order valence-corrected chi connectivity index (χ2v) is 15.9. The number of Topliss-reactive ketones (excluding diaryl/α,β-unsaturated/α-hetero) is 1. The number of hydrogen-bond acceptors (Lipinski definition) is 1. The van der Waals surface area contributed by atoms with Crippen LogP contribution < -0.4 is 0 Å². The molecule has 0 aromatic heterocycles. The Morgan fingerprint density at radius 1 is 0.595 bits per heavy atom. The Morgan fingerprint density at radius 2 is 1.03 bits per heavy atom. The van der Waals surface area contributed by atoms with E-state index in [0.29, 0.717) is 5.78 Å². The first-order valence-corrected chi connectivity index (χ1v) is 17.5. The third kappa shape index (κ3) is 5.22. The van der Waals surface area contributed by atoms with Gasteiger partial charge in [-0.2, -0.15) is 0 Å². The zero-order valence-corrected chi connectivity index (χ0v) is 25.7. The molecule has 37 heavy (non-hydrogen) atoms. The highest BCUT2D eigenvalue weighted by atomic mass is 35.5. The van der Waals surface area contributed by atoms with Gasteiger partial charge in [0.25, 0.3) is 0 Å². The summed E-state index contributed by atoms with van der Waals surface area (Å²) in [7, 11) is 0. The van der Waals surface area contributed by atoms with Crippen LogP contribution in [0.1, 0.15) is 155 Å². The molecule has 5 saturated carbocycles. The molecular weight excluding hydrogens is 495 g/mol. The van der Waals surface area contributed by atoms with Gasteiger partial charge in [0, 0.05) is 0 Å². The Hall–Kier alpha value is 0.250. The summed E-state index contributed by atoms with van der Waals surface area (Å²) in [5.41, 5.74) is -0.870.